The Morgan fingerprint density at radius 3 is 2.65 bits per heavy atom. The summed E-state index contributed by atoms with van der Waals surface area (Å²) in [5.74, 6) is 0.329. The van der Waals surface area contributed by atoms with Gasteiger partial charge < -0.3 is 10.6 Å². The van der Waals surface area contributed by atoms with Gasteiger partial charge >= 0.3 is 0 Å². The van der Waals surface area contributed by atoms with E-state index in [4.69, 9.17) is 11.1 Å². The molecule has 17 heavy (non-hydrogen) atoms. The van der Waals surface area contributed by atoms with Gasteiger partial charge in [-0.15, -0.1) is 0 Å². The highest BCUT2D eigenvalue weighted by molar-refractivity contribution is 6.00. The van der Waals surface area contributed by atoms with Crippen LogP contribution in [-0.2, 0) is 0 Å². The second kappa shape index (κ2) is 4.73. The highest BCUT2D eigenvalue weighted by Gasteiger charge is 2.19. The Hall–Kier alpha value is -1.58. The summed E-state index contributed by atoms with van der Waals surface area (Å²) in [5, 5.41) is 7.52. The largest absolute Gasteiger partial charge is 0.384 e. The lowest BCUT2D eigenvalue weighted by molar-refractivity contribution is 0.438. The van der Waals surface area contributed by atoms with Crippen molar-refractivity contribution < 1.29 is 4.39 Å². The minimum atomic E-state index is -0.343. The Morgan fingerprint density at radius 2 is 2.06 bits per heavy atom. The summed E-state index contributed by atoms with van der Waals surface area (Å²) in [5.41, 5.74) is 6.89. The summed E-state index contributed by atoms with van der Waals surface area (Å²) in [6.07, 6.45) is 2.27. The van der Waals surface area contributed by atoms with Crippen LogP contribution in [0.5, 0.6) is 0 Å². The van der Waals surface area contributed by atoms with Crippen LogP contribution < -0.4 is 10.6 Å². The molecule has 0 atom stereocenters. The van der Waals surface area contributed by atoms with E-state index < -0.39 is 0 Å². The molecule has 1 aliphatic heterocycles. The molecule has 0 unspecified atom stereocenters. The zero-order chi connectivity index (χ0) is 12.4. The lowest BCUT2D eigenvalue weighted by Gasteiger charge is -2.33. The molecule has 3 N–H and O–H groups in total. The van der Waals surface area contributed by atoms with Crippen LogP contribution in [0.1, 0.15) is 25.3 Å². The normalized spacial score (nSPS) is 17.2. The van der Waals surface area contributed by atoms with Crippen LogP contribution in [0, 0.1) is 17.1 Å². The summed E-state index contributed by atoms with van der Waals surface area (Å²) in [6, 6.07) is 4.50. The zero-order valence-corrected chi connectivity index (χ0v) is 10.0. The maximum atomic E-state index is 13.2. The van der Waals surface area contributed by atoms with Crippen molar-refractivity contribution in [2.75, 3.05) is 18.0 Å². The number of hydrogen-bond donors (Lipinski definition) is 2. The van der Waals surface area contributed by atoms with Gasteiger partial charge in [-0.1, -0.05) is 6.92 Å². The lowest BCUT2D eigenvalue weighted by Crippen LogP contribution is -2.34. The molecule has 1 heterocycles. The standard InChI is InChI=1S/C13H18FN3/c1-9-4-6-17(7-5-9)12-3-2-10(14)8-11(12)13(15)16/h2-3,8-9H,4-7H2,1H3,(H3,15,16). The molecule has 1 aromatic rings. The molecule has 1 aromatic carbocycles. The van der Waals surface area contributed by atoms with Gasteiger partial charge in [-0.3, -0.25) is 5.41 Å². The van der Waals surface area contributed by atoms with Gasteiger partial charge in [0.25, 0.3) is 0 Å². The number of nitrogen functional groups attached to an aromatic ring is 1. The Bertz CT molecular complexity index is 423. The van der Waals surface area contributed by atoms with Crippen molar-refractivity contribution in [1.29, 1.82) is 5.41 Å². The number of nitrogens with zero attached hydrogens (tertiary/aromatic N) is 1. The van der Waals surface area contributed by atoms with Gasteiger partial charge in [0.05, 0.1) is 0 Å². The van der Waals surface area contributed by atoms with Gasteiger partial charge in [-0.25, -0.2) is 4.39 Å². The van der Waals surface area contributed by atoms with Crippen molar-refractivity contribution in [2.45, 2.75) is 19.8 Å². The molecule has 0 saturated carbocycles. The second-order valence-corrected chi connectivity index (χ2v) is 4.74. The monoisotopic (exact) mass is 235 g/mol. The van der Waals surface area contributed by atoms with E-state index in [9.17, 15) is 4.39 Å². The Kier molecular flexibility index (Phi) is 3.31. The molecule has 1 aliphatic rings. The van der Waals surface area contributed by atoms with Crippen LogP contribution in [-0.4, -0.2) is 18.9 Å². The predicted octanol–water partition coefficient (Wildman–Crippen LogP) is 2.35. The first-order valence-corrected chi connectivity index (χ1v) is 5.97. The SMILES string of the molecule is CC1CCN(c2ccc(F)cc2C(=N)N)CC1. The minimum Gasteiger partial charge on any atom is -0.384 e. The predicted molar refractivity (Wildman–Crippen MR) is 68.0 cm³/mol. The van der Waals surface area contributed by atoms with E-state index in [-0.39, 0.29) is 11.7 Å². The maximum absolute atomic E-state index is 13.2. The van der Waals surface area contributed by atoms with Crippen molar-refractivity contribution in [3.05, 3.63) is 29.6 Å². The molecule has 0 amide bonds. The van der Waals surface area contributed by atoms with Crippen molar-refractivity contribution in [3.8, 4) is 0 Å². The van der Waals surface area contributed by atoms with Crippen LogP contribution in [0.2, 0.25) is 0 Å². The van der Waals surface area contributed by atoms with Gasteiger partial charge in [-0.05, 0) is 37.0 Å². The molecule has 0 bridgehead atoms. The highest BCUT2D eigenvalue weighted by atomic mass is 19.1. The van der Waals surface area contributed by atoms with Crippen LogP contribution in [0.4, 0.5) is 10.1 Å². The summed E-state index contributed by atoms with van der Waals surface area (Å²) < 4.78 is 13.2. The van der Waals surface area contributed by atoms with E-state index in [1.807, 2.05) is 0 Å². The molecule has 4 heteroatoms. The molecule has 0 aromatic heterocycles. The fourth-order valence-electron chi connectivity index (χ4n) is 2.25. The minimum absolute atomic E-state index is 0.0712. The van der Waals surface area contributed by atoms with E-state index >= 15 is 0 Å². The molecule has 0 radical (unpaired) electrons. The molecule has 2 rings (SSSR count). The Balaban J connectivity index is 2.28. The number of halogens is 1. The Morgan fingerprint density at radius 1 is 1.41 bits per heavy atom. The molecule has 92 valence electrons. The molecular formula is C13H18FN3. The number of rotatable bonds is 2. The lowest BCUT2D eigenvalue weighted by atomic mass is 9.98. The first-order chi connectivity index (χ1) is 8.08. The third-order valence-electron chi connectivity index (χ3n) is 3.37. The topological polar surface area (TPSA) is 53.1 Å². The summed E-state index contributed by atoms with van der Waals surface area (Å²) >= 11 is 0. The average molecular weight is 235 g/mol. The molecular weight excluding hydrogens is 217 g/mol. The van der Waals surface area contributed by atoms with E-state index in [0.717, 1.165) is 37.5 Å². The van der Waals surface area contributed by atoms with E-state index in [0.29, 0.717) is 5.56 Å². The number of anilines is 1. The fourth-order valence-corrected chi connectivity index (χ4v) is 2.25. The summed E-state index contributed by atoms with van der Waals surface area (Å²) in [6.45, 7) is 4.15. The first kappa shape index (κ1) is 11.9. The van der Waals surface area contributed by atoms with Gasteiger partial charge in [-0.2, -0.15) is 0 Å². The molecule has 0 spiro atoms. The smallest absolute Gasteiger partial charge is 0.125 e. The third kappa shape index (κ3) is 2.57. The third-order valence-corrected chi connectivity index (χ3v) is 3.37. The number of amidine groups is 1. The second-order valence-electron chi connectivity index (χ2n) is 4.74. The molecule has 3 nitrogen and oxygen atoms in total. The van der Waals surface area contributed by atoms with Crippen LogP contribution in [0.15, 0.2) is 18.2 Å². The number of benzene rings is 1. The first-order valence-electron chi connectivity index (χ1n) is 5.97. The van der Waals surface area contributed by atoms with Gasteiger partial charge in [0.15, 0.2) is 0 Å². The fraction of sp³-hybridized carbons (Fsp3) is 0.462. The van der Waals surface area contributed by atoms with Crippen molar-refractivity contribution in [3.63, 3.8) is 0 Å². The molecule has 1 saturated heterocycles. The summed E-state index contributed by atoms with van der Waals surface area (Å²) in [4.78, 5) is 2.19. The van der Waals surface area contributed by atoms with Gasteiger partial charge in [0.2, 0.25) is 0 Å². The maximum Gasteiger partial charge on any atom is 0.125 e. The number of nitrogens with two attached hydrogens (primary N) is 1. The van der Waals surface area contributed by atoms with E-state index in [2.05, 4.69) is 11.8 Å². The van der Waals surface area contributed by atoms with Crippen LogP contribution >= 0.6 is 0 Å². The van der Waals surface area contributed by atoms with Crippen LogP contribution in [0.25, 0.3) is 0 Å². The van der Waals surface area contributed by atoms with Crippen LogP contribution in [0.3, 0.4) is 0 Å². The number of piperidine rings is 1. The molecule has 0 aliphatic carbocycles. The van der Waals surface area contributed by atoms with Gasteiger partial charge in [0, 0.05) is 24.3 Å². The van der Waals surface area contributed by atoms with Crippen molar-refractivity contribution >= 4 is 11.5 Å². The van der Waals surface area contributed by atoms with Crippen molar-refractivity contribution in [2.24, 2.45) is 11.7 Å². The zero-order valence-electron chi connectivity index (χ0n) is 10.0. The summed E-state index contributed by atoms with van der Waals surface area (Å²) in [7, 11) is 0. The number of hydrogen-bond acceptors (Lipinski definition) is 2. The quantitative estimate of drug-likeness (QED) is 0.610. The highest BCUT2D eigenvalue weighted by Crippen LogP contribution is 2.26. The molecule has 1 fully saturated rings. The Labute approximate surface area is 101 Å². The van der Waals surface area contributed by atoms with Gasteiger partial charge in [0.1, 0.15) is 11.7 Å². The van der Waals surface area contributed by atoms with E-state index in [1.54, 1.807) is 6.07 Å². The van der Waals surface area contributed by atoms with E-state index in [1.165, 1.54) is 12.1 Å². The van der Waals surface area contributed by atoms with Crippen molar-refractivity contribution in [1.82, 2.24) is 0 Å². The number of nitrogens with one attached hydrogen (secondary N) is 1. The average Bonchev–Trinajstić information content (AvgIpc) is 2.30.